The van der Waals surface area contributed by atoms with Gasteiger partial charge in [0.2, 0.25) is 0 Å². The van der Waals surface area contributed by atoms with Gasteiger partial charge in [-0.3, -0.25) is 4.90 Å². The highest BCUT2D eigenvalue weighted by atomic mass is 31.2. The van der Waals surface area contributed by atoms with Gasteiger partial charge in [-0.25, -0.2) is 4.57 Å². The lowest BCUT2D eigenvalue weighted by molar-refractivity contribution is 0.0821. The number of phosphoric acid groups is 1. The van der Waals surface area contributed by atoms with Gasteiger partial charge in [0.05, 0.1) is 19.8 Å². The molecule has 0 aromatic carbocycles. The highest BCUT2D eigenvalue weighted by Crippen LogP contribution is 2.25. The predicted octanol–water partition coefficient (Wildman–Crippen LogP) is -1.88. The standard InChI is InChI=1S/C8H19NO3.H3O4P/c1-2-8(7-12)9(3-5-10)4-6-11;1-5(2,3)4/h8,10-12H,2-7H2,1H3;(H3,1,2,3,4). The van der Waals surface area contributed by atoms with Crippen molar-refractivity contribution in [2.75, 3.05) is 32.9 Å². The van der Waals surface area contributed by atoms with Crippen LogP contribution < -0.4 is 0 Å². The van der Waals surface area contributed by atoms with Crippen molar-refractivity contribution in [3.63, 3.8) is 0 Å². The Bertz CT molecular complexity index is 192. The van der Waals surface area contributed by atoms with E-state index in [1.807, 2.05) is 11.8 Å². The van der Waals surface area contributed by atoms with Crippen molar-refractivity contribution in [2.24, 2.45) is 0 Å². The third-order valence-electron chi connectivity index (χ3n) is 1.97. The molecule has 1 atom stereocenters. The van der Waals surface area contributed by atoms with Crippen LogP contribution in [0.5, 0.6) is 0 Å². The minimum Gasteiger partial charge on any atom is -0.395 e. The van der Waals surface area contributed by atoms with Crippen LogP contribution in [0.4, 0.5) is 0 Å². The van der Waals surface area contributed by atoms with Gasteiger partial charge in [-0.2, -0.15) is 0 Å². The van der Waals surface area contributed by atoms with E-state index in [-0.39, 0.29) is 25.9 Å². The number of aliphatic hydroxyl groups excluding tert-OH is 3. The molecule has 0 fully saturated rings. The molecule has 106 valence electrons. The zero-order valence-corrected chi connectivity index (χ0v) is 10.7. The molecule has 17 heavy (non-hydrogen) atoms. The minimum atomic E-state index is -4.64. The fourth-order valence-corrected chi connectivity index (χ4v) is 1.24. The molecule has 0 aromatic rings. The van der Waals surface area contributed by atoms with E-state index in [4.69, 9.17) is 34.6 Å². The maximum Gasteiger partial charge on any atom is 0.466 e. The summed E-state index contributed by atoms with van der Waals surface area (Å²) in [7, 11) is -4.64. The molecule has 0 heterocycles. The lowest BCUT2D eigenvalue weighted by Crippen LogP contribution is -2.41. The summed E-state index contributed by atoms with van der Waals surface area (Å²) in [6.07, 6.45) is 0.830. The van der Waals surface area contributed by atoms with Crippen molar-refractivity contribution in [3.8, 4) is 0 Å². The molecule has 0 bridgehead atoms. The molecule has 0 spiro atoms. The van der Waals surface area contributed by atoms with Gasteiger partial charge in [-0.05, 0) is 6.42 Å². The quantitative estimate of drug-likeness (QED) is 0.296. The maximum absolute atomic E-state index is 8.94. The van der Waals surface area contributed by atoms with Crippen molar-refractivity contribution < 1.29 is 34.6 Å². The predicted molar refractivity (Wildman–Crippen MR) is 61.2 cm³/mol. The van der Waals surface area contributed by atoms with Gasteiger partial charge in [-0.15, -0.1) is 0 Å². The van der Waals surface area contributed by atoms with Crippen LogP contribution in [0, 0.1) is 0 Å². The van der Waals surface area contributed by atoms with Crippen LogP contribution in [0.1, 0.15) is 13.3 Å². The SMILES string of the molecule is CCC(CO)N(CCO)CCO.O=P(O)(O)O. The monoisotopic (exact) mass is 275 g/mol. The smallest absolute Gasteiger partial charge is 0.395 e. The van der Waals surface area contributed by atoms with E-state index in [2.05, 4.69) is 0 Å². The molecule has 0 radical (unpaired) electrons. The number of aliphatic hydroxyl groups is 3. The Kier molecular flexibility index (Phi) is 12.6. The summed E-state index contributed by atoms with van der Waals surface area (Å²) in [5, 5.41) is 26.3. The van der Waals surface area contributed by atoms with Crippen molar-refractivity contribution >= 4 is 7.82 Å². The summed E-state index contributed by atoms with van der Waals surface area (Å²) in [4.78, 5) is 23.5. The van der Waals surface area contributed by atoms with Crippen LogP contribution >= 0.6 is 7.82 Å². The number of nitrogens with zero attached hydrogens (tertiary/aromatic N) is 1. The van der Waals surface area contributed by atoms with Crippen molar-refractivity contribution in [2.45, 2.75) is 19.4 Å². The fraction of sp³-hybridized carbons (Fsp3) is 1.00. The number of rotatable bonds is 7. The summed E-state index contributed by atoms with van der Waals surface area (Å²) >= 11 is 0. The summed E-state index contributed by atoms with van der Waals surface area (Å²) in [5.41, 5.74) is 0. The first-order valence-electron chi connectivity index (χ1n) is 5.15. The van der Waals surface area contributed by atoms with Gasteiger partial charge in [0, 0.05) is 19.1 Å². The molecule has 0 aromatic heterocycles. The molecule has 0 saturated heterocycles. The summed E-state index contributed by atoms with van der Waals surface area (Å²) in [6.45, 7) is 3.21. The van der Waals surface area contributed by atoms with Crippen molar-refractivity contribution in [1.82, 2.24) is 4.90 Å². The maximum atomic E-state index is 8.94. The molecular formula is C8H22NO7P. The van der Waals surface area contributed by atoms with E-state index in [0.29, 0.717) is 13.1 Å². The molecule has 0 saturated carbocycles. The van der Waals surface area contributed by atoms with Crippen LogP contribution in [0.2, 0.25) is 0 Å². The molecule has 0 rings (SSSR count). The summed E-state index contributed by atoms with van der Waals surface area (Å²) in [5.74, 6) is 0. The zero-order valence-electron chi connectivity index (χ0n) is 9.81. The van der Waals surface area contributed by atoms with Crippen LogP contribution in [0.3, 0.4) is 0 Å². The van der Waals surface area contributed by atoms with E-state index < -0.39 is 7.82 Å². The van der Waals surface area contributed by atoms with Gasteiger partial charge in [0.15, 0.2) is 0 Å². The number of hydrogen-bond acceptors (Lipinski definition) is 5. The molecule has 9 heteroatoms. The number of hydrogen-bond donors (Lipinski definition) is 6. The van der Waals surface area contributed by atoms with Crippen LogP contribution in [0.25, 0.3) is 0 Å². The average molecular weight is 275 g/mol. The Balaban J connectivity index is 0. The molecule has 0 aliphatic heterocycles. The third-order valence-corrected chi connectivity index (χ3v) is 1.97. The Labute approximate surface area is 100 Å². The van der Waals surface area contributed by atoms with Gasteiger partial charge >= 0.3 is 7.82 Å². The molecule has 8 nitrogen and oxygen atoms in total. The van der Waals surface area contributed by atoms with Crippen molar-refractivity contribution in [3.05, 3.63) is 0 Å². The van der Waals surface area contributed by atoms with E-state index in [9.17, 15) is 0 Å². The third kappa shape index (κ3) is 15.9. The molecule has 0 amide bonds. The Morgan fingerprint density at radius 1 is 1.06 bits per heavy atom. The topological polar surface area (TPSA) is 142 Å². The Hall–Kier alpha value is -0.0500. The zero-order chi connectivity index (χ0) is 13.9. The first-order chi connectivity index (χ1) is 7.79. The second kappa shape index (κ2) is 11.1. The molecular weight excluding hydrogens is 253 g/mol. The lowest BCUT2D eigenvalue weighted by atomic mass is 10.2. The molecule has 1 unspecified atom stereocenters. The van der Waals surface area contributed by atoms with Crippen molar-refractivity contribution in [1.29, 1.82) is 0 Å². The second-order valence-corrected chi connectivity index (χ2v) is 4.27. The normalized spacial score (nSPS) is 13.2. The molecule has 0 aliphatic carbocycles. The van der Waals surface area contributed by atoms with E-state index in [0.717, 1.165) is 6.42 Å². The highest BCUT2D eigenvalue weighted by molar-refractivity contribution is 7.45. The largest absolute Gasteiger partial charge is 0.466 e. The Morgan fingerprint density at radius 2 is 1.41 bits per heavy atom. The summed E-state index contributed by atoms with van der Waals surface area (Å²) in [6, 6.07) is 0.0595. The van der Waals surface area contributed by atoms with Gasteiger partial charge < -0.3 is 30.0 Å². The van der Waals surface area contributed by atoms with E-state index >= 15 is 0 Å². The summed E-state index contributed by atoms with van der Waals surface area (Å²) < 4.78 is 8.88. The average Bonchev–Trinajstić information content (AvgIpc) is 2.17. The molecule has 0 aliphatic rings. The minimum absolute atomic E-state index is 0.0595. The van der Waals surface area contributed by atoms with Gasteiger partial charge in [0.25, 0.3) is 0 Å². The fourth-order valence-electron chi connectivity index (χ4n) is 1.24. The van der Waals surface area contributed by atoms with E-state index in [1.165, 1.54) is 0 Å². The van der Waals surface area contributed by atoms with Crippen LogP contribution in [-0.4, -0.2) is 73.9 Å². The Morgan fingerprint density at radius 3 is 1.59 bits per heavy atom. The van der Waals surface area contributed by atoms with E-state index in [1.54, 1.807) is 0 Å². The first kappa shape index (κ1) is 19.3. The second-order valence-electron chi connectivity index (χ2n) is 3.24. The molecule has 6 N–H and O–H groups in total. The highest BCUT2D eigenvalue weighted by Gasteiger charge is 2.13. The van der Waals surface area contributed by atoms with Crippen LogP contribution in [-0.2, 0) is 4.57 Å². The lowest BCUT2D eigenvalue weighted by Gasteiger charge is -2.28. The van der Waals surface area contributed by atoms with Crippen LogP contribution in [0.15, 0.2) is 0 Å². The first-order valence-corrected chi connectivity index (χ1v) is 6.71. The van der Waals surface area contributed by atoms with Gasteiger partial charge in [0.1, 0.15) is 0 Å². The van der Waals surface area contributed by atoms with Gasteiger partial charge in [-0.1, -0.05) is 6.92 Å².